The highest BCUT2D eigenvalue weighted by Gasteiger charge is 2.30. The topological polar surface area (TPSA) is 67.2 Å². The third-order valence-electron chi connectivity index (χ3n) is 5.96. The van der Waals surface area contributed by atoms with Gasteiger partial charge in [-0.3, -0.25) is 9.59 Å². The van der Waals surface area contributed by atoms with E-state index in [2.05, 4.69) is 10.3 Å². The molecule has 0 atom stereocenters. The number of halogens is 4. The first-order valence-electron chi connectivity index (χ1n) is 12.2. The van der Waals surface area contributed by atoms with Crippen molar-refractivity contribution in [2.45, 2.75) is 39.2 Å². The van der Waals surface area contributed by atoms with E-state index in [1.54, 1.807) is 16.3 Å². The standard InChI is InChI=1S/C28H26F4N4O2S/c1-2-12-36(27(38)22-10-3-4-11-23(22)29)16-21-9-6-13-35(21)17-25-34-24(18-39-25)26(37)33-15-19-7-5-8-20(14-19)28(30,31)32/h3-11,13-14,18H,2,12,15-17H2,1H3,(H,33,37). The molecule has 2 amide bonds. The molecule has 0 fully saturated rings. The van der Waals surface area contributed by atoms with E-state index in [9.17, 15) is 27.2 Å². The highest BCUT2D eigenvalue weighted by Crippen LogP contribution is 2.29. The lowest BCUT2D eigenvalue weighted by molar-refractivity contribution is -0.137. The minimum atomic E-state index is -4.46. The van der Waals surface area contributed by atoms with Gasteiger partial charge in [0, 0.05) is 30.4 Å². The Kier molecular flexibility index (Phi) is 8.80. The number of hydrogen-bond donors (Lipinski definition) is 1. The zero-order valence-corrected chi connectivity index (χ0v) is 21.9. The minimum Gasteiger partial charge on any atom is -0.347 e. The number of hydrogen-bond acceptors (Lipinski definition) is 4. The maximum atomic E-state index is 14.2. The van der Waals surface area contributed by atoms with E-state index in [0.717, 1.165) is 17.8 Å². The first-order chi connectivity index (χ1) is 18.7. The normalized spacial score (nSPS) is 11.4. The van der Waals surface area contributed by atoms with Crippen molar-refractivity contribution in [3.05, 3.63) is 111 Å². The average Bonchev–Trinajstić information content (AvgIpc) is 3.56. The average molecular weight is 559 g/mol. The van der Waals surface area contributed by atoms with Gasteiger partial charge in [0.25, 0.3) is 11.8 Å². The first kappa shape index (κ1) is 28.0. The van der Waals surface area contributed by atoms with Gasteiger partial charge in [-0.2, -0.15) is 13.2 Å². The van der Waals surface area contributed by atoms with Crippen LogP contribution in [-0.2, 0) is 25.8 Å². The SMILES string of the molecule is CCCN(Cc1cccn1Cc1nc(C(=O)NCc2cccc(C(F)(F)F)c2)cs1)C(=O)c1ccccc1F. The predicted octanol–water partition coefficient (Wildman–Crippen LogP) is 6.13. The van der Waals surface area contributed by atoms with Crippen LogP contribution in [0.1, 0.15) is 56.0 Å². The molecule has 0 aliphatic rings. The number of benzene rings is 2. The van der Waals surface area contributed by atoms with E-state index in [-0.39, 0.29) is 24.3 Å². The molecule has 0 saturated carbocycles. The molecule has 4 aromatic rings. The Bertz CT molecular complexity index is 1450. The summed E-state index contributed by atoms with van der Waals surface area (Å²) in [7, 11) is 0. The van der Waals surface area contributed by atoms with E-state index in [1.165, 1.54) is 41.7 Å². The molecule has 11 heteroatoms. The lowest BCUT2D eigenvalue weighted by Crippen LogP contribution is -2.32. The largest absolute Gasteiger partial charge is 0.416 e. The van der Waals surface area contributed by atoms with Crippen LogP contribution in [0.5, 0.6) is 0 Å². The molecule has 1 N–H and O–H groups in total. The lowest BCUT2D eigenvalue weighted by Gasteiger charge is -2.23. The van der Waals surface area contributed by atoms with Crippen LogP contribution < -0.4 is 5.32 Å². The number of alkyl halides is 3. The Hall–Kier alpha value is -3.99. The van der Waals surface area contributed by atoms with Crippen molar-refractivity contribution in [3.63, 3.8) is 0 Å². The Morgan fingerprint density at radius 2 is 1.87 bits per heavy atom. The maximum absolute atomic E-state index is 14.2. The summed E-state index contributed by atoms with van der Waals surface area (Å²) in [5, 5.41) is 4.83. The third-order valence-corrected chi connectivity index (χ3v) is 6.79. The summed E-state index contributed by atoms with van der Waals surface area (Å²) in [5.41, 5.74) is 0.551. The molecule has 39 heavy (non-hydrogen) atoms. The van der Waals surface area contributed by atoms with Crippen LogP contribution in [-0.4, -0.2) is 32.8 Å². The molecular formula is C28H26F4N4O2S. The van der Waals surface area contributed by atoms with Crippen LogP contribution in [0.4, 0.5) is 17.6 Å². The molecule has 2 heterocycles. The van der Waals surface area contributed by atoms with E-state index in [1.807, 2.05) is 29.8 Å². The molecule has 0 aliphatic heterocycles. The highest BCUT2D eigenvalue weighted by molar-refractivity contribution is 7.09. The molecule has 0 aliphatic carbocycles. The number of thiazole rings is 1. The fourth-order valence-corrected chi connectivity index (χ4v) is 4.81. The molecule has 0 spiro atoms. The van der Waals surface area contributed by atoms with Crippen LogP contribution >= 0.6 is 11.3 Å². The monoisotopic (exact) mass is 558 g/mol. The third kappa shape index (κ3) is 7.11. The van der Waals surface area contributed by atoms with Gasteiger partial charge in [0.05, 0.1) is 24.2 Å². The van der Waals surface area contributed by atoms with Gasteiger partial charge in [-0.15, -0.1) is 11.3 Å². The molecule has 0 bridgehead atoms. The van der Waals surface area contributed by atoms with Crippen molar-refractivity contribution in [1.29, 1.82) is 0 Å². The Labute approximate surface area is 226 Å². The second-order valence-electron chi connectivity index (χ2n) is 8.84. The van der Waals surface area contributed by atoms with Crippen LogP contribution in [0.3, 0.4) is 0 Å². The summed E-state index contributed by atoms with van der Waals surface area (Å²) >= 11 is 1.27. The highest BCUT2D eigenvalue weighted by atomic mass is 32.1. The quantitative estimate of drug-likeness (QED) is 0.238. The predicted molar refractivity (Wildman–Crippen MR) is 140 cm³/mol. The zero-order chi connectivity index (χ0) is 28.0. The van der Waals surface area contributed by atoms with Crippen LogP contribution in [0.25, 0.3) is 0 Å². The fraction of sp³-hybridized carbons (Fsp3) is 0.250. The van der Waals surface area contributed by atoms with Crippen molar-refractivity contribution in [1.82, 2.24) is 19.8 Å². The van der Waals surface area contributed by atoms with E-state index >= 15 is 0 Å². The second kappa shape index (κ2) is 12.2. The van der Waals surface area contributed by atoms with Crippen molar-refractivity contribution >= 4 is 23.2 Å². The van der Waals surface area contributed by atoms with Gasteiger partial charge in [-0.1, -0.05) is 31.2 Å². The number of amides is 2. The summed E-state index contributed by atoms with van der Waals surface area (Å²) in [6.07, 6.45) is -1.92. The number of carbonyl (C=O) groups excluding carboxylic acids is 2. The van der Waals surface area contributed by atoms with Gasteiger partial charge >= 0.3 is 6.18 Å². The van der Waals surface area contributed by atoms with Crippen LogP contribution in [0.15, 0.2) is 72.2 Å². The number of nitrogens with zero attached hydrogens (tertiary/aromatic N) is 3. The van der Waals surface area contributed by atoms with E-state index in [4.69, 9.17) is 0 Å². The Morgan fingerprint density at radius 3 is 2.62 bits per heavy atom. The van der Waals surface area contributed by atoms with Gasteiger partial charge in [0.1, 0.15) is 16.5 Å². The van der Waals surface area contributed by atoms with Gasteiger partial charge in [0.15, 0.2) is 0 Å². The molecule has 204 valence electrons. The van der Waals surface area contributed by atoms with Gasteiger partial charge in [-0.05, 0) is 48.4 Å². The molecule has 6 nitrogen and oxygen atoms in total. The number of rotatable bonds is 10. The minimum absolute atomic E-state index is 0.0183. The van der Waals surface area contributed by atoms with Crippen molar-refractivity contribution in [3.8, 4) is 0 Å². The van der Waals surface area contributed by atoms with Crippen LogP contribution in [0.2, 0.25) is 0 Å². The molecule has 2 aromatic heterocycles. The summed E-state index contributed by atoms with van der Waals surface area (Å²) in [6, 6.07) is 14.4. The molecule has 4 rings (SSSR count). The smallest absolute Gasteiger partial charge is 0.347 e. The van der Waals surface area contributed by atoms with Gasteiger partial charge in [-0.25, -0.2) is 9.37 Å². The second-order valence-corrected chi connectivity index (χ2v) is 9.78. The van der Waals surface area contributed by atoms with E-state index < -0.39 is 29.4 Å². The van der Waals surface area contributed by atoms with E-state index in [0.29, 0.717) is 30.1 Å². The zero-order valence-electron chi connectivity index (χ0n) is 21.0. The molecule has 2 aromatic carbocycles. The maximum Gasteiger partial charge on any atom is 0.416 e. The number of aromatic nitrogens is 2. The number of carbonyl (C=O) groups is 2. The van der Waals surface area contributed by atoms with Gasteiger partial charge in [0.2, 0.25) is 0 Å². The Balaban J connectivity index is 1.40. The Morgan fingerprint density at radius 1 is 1.08 bits per heavy atom. The molecular weight excluding hydrogens is 532 g/mol. The van der Waals surface area contributed by atoms with Gasteiger partial charge < -0.3 is 14.8 Å². The summed E-state index contributed by atoms with van der Waals surface area (Å²) in [4.78, 5) is 31.6. The molecule has 0 saturated heterocycles. The van der Waals surface area contributed by atoms with Crippen LogP contribution in [0, 0.1) is 5.82 Å². The molecule has 0 radical (unpaired) electrons. The fourth-order valence-electron chi connectivity index (χ4n) is 4.03. The summed E-state index contributed by atoms with van der Waals surface area (Å²) in [5.74, 6) is -1.45. The summed E-state index contributed by atoms with van der Waals surface area (Å²) in [6.45, 7) is 2.94. The lowest BCUT2D eigenvalue weighted by atomic mass is 10.1. The van der Waals surface area contributed by atoms with Crippen molar-refractivity contribution < 1.29 is 27.2 Å². The van der Waals surface area contributed by atoms with Crippen molar-refractivity contribution in [2.24, 2.45) is 0 Å². The van der Waals surface area contributed by atoms with Crippen molar-refractivity contribution in [2.75, 3.05) is 6.54 Å². The first-order valence-corrected chi connectivity index (χ1v) is 13.1. The molecule has 0 unspecified atom stereocenters. The number of nitrogens with one attached hydrogen (secondary N) is 1. The summed E-state index contributed by atoms with van der Waals surface area (Å²) < 4.78 is 54.9.